The summed E-state index contributed by atoms with van der Waals surface area (Å²) >= 11 is 0. The van der Waals surface area contributed by atoms with Gasteiger partial charge in [0.05, 0.1) is 20.8 Å². The number of methoxy groups -OCH3 is 2. The maximum absolute atomic E-state index is 13.0. The summed E-state index contributed by atoms with van der Waals surface area (Å²) in [5.74, 6) is 1.38. The average Bonchev–Trinajstić information content (AvgIpc) is 3.10. The Bertz CT molecular complexity index is 926. The van der Waals surface area contributed by atoms with Crippen molar-refractivity contribution in [2.24, 2.45) is 5.92 Å². The minimum atomic E-state index is -0.392. The molecule has 30 heavy (non-hydrogen) atoms. The molecule has 1 heterocycles. The van der Waals surface area contributed by atoms with Crippen LogP contribution in [-0.4, -0.2) is 37.6 Å². The van der Waals surface area contributed by atoms with Crippen molar-refractivity contribution in [1.29, 1.82) is 0 Å². The molecule has 6 nitrogen and oxygen atoms in total. The lowest BCUT2D eigenvalue weighted by atomic mass is 9.81. The minimum Gasteiger partial charge on any atom is -0.497 e. The maximum atomic E-state index is 13.0. The van der Waals surface area contributed by atoms with Gasteiger partial charge in [0.1, 0.15) is 17.2 Å². The van der Waals surface area contributed by atoms with E-state index in [4.69, 9.17) is 14.2 Å². The molecule has 0 saturated carbocycles. The number of aromatic nitrogens is 1. The van der Waals surface area contributed by atoms with Gasteiger partial charge >= 0.3 is 5.97 Å². The number of H-pyrrole nitrogens is 1. The van der Waals surface area contributed by atoms with Crippen LogP contribution in [0.25, 0.3) is 0 Å². The third-order valence-corrected chi connectivity index (χ3v) is 6.17. The van der Waals surface area contributed by atoms with Gasteiger partial charge in [0, 0.05) is 29.2 Å². The fourth-order valence-corrected chi connectivity index (χ4v) is 4.21. The van der Waals surface area contributed by atoms with E-state index in [1.54, 1.807) is 14.2 Å². The van der Waals surface area contributed by atoms with Crippen molar-refractivity contribution in [3.05, 3.63) is 46.3 Å². The van der Waals surface area contributed by atoms with E-state index in [1.165, 1.54) is 0 Å². The molecule has 0 radical (unpaired) electrons. The first kappa shape index (κ1) is 21.9. The highest BCUT2D eigenvalue weighted by atomic mass is 16.5. The van der Waals surface area contributed by atoms with Crippen molar-refractivity contribution in [3.8, 4) is 11.5 Å². The molecule has 0 spiro atoms. The maximum Gasteiger partial charge on any atom is 0.355 e. The van der Waals surface area contributed by atoms with Gasteiger partial charge in [0.25, 0.3) is 0 Å². The summed E-state index contributed by atoms with van der Waals surface area (Å²) in [4.78, 5) is 28.8. The van der Waals surface area contributed by atoms with Gasteiger partial charge in [-0.2, -0.15) is 0 Å². The van der Waals surface area contributed by atoms with Crippen LogP contribution in [0.4, 0.5) is 0 Å². The normalized spacial score (nSPS) is 15.8. The molecule has 0 bridgehead atoms. The van der Waals surface area contributed by atoms with E-state index < -0.39 is 5.97 Å². The van der Waals surface area contributed by atoms with Crippen LogP contribution < -0.4 is 9.47 Å². The number of hydrogen-bond acceptors (Lipinski definition) is 5. The van der Waals surface area contributed by atoms with E-state index in [-0.39, 0.29) is 11.7 Å². The topological polar surface area (TPSA) is 77.6 Å². The molecule has 162 valence electrons. The van der Waals surface area contributed by atoms with Gasteiger partial charge in [-0.05, 0) is 43.0 Å². The number of ether oxygens (including phenoxy) is 3. The van der Waals surface area contributed by atoms with Crippen LogP contribution in [0.2, 0.25) is 0 Å². The largest absolute Gasteiger partial charge is 0.497 e. The summed E-state index contributed by atoms with van der Waals surface area (Å²) in [6, 6.07) is 5.61. The Labute approximate surface area is 177 Å². The zero-order chi connectivity index (χ0) is 21.8. The van der Waals surface area contributed by atoms with Crippen LogP contribution in [0.1, 0.15) is 76.7 Å². The second kappa shape index (κ2) is 9.37. The number of nitrogens with one attached hydrogen (secondary N) is 1. The molecule has 1 aliphatic rings. The summed E-state index contributed by atoms with van der Waals surface area (Å²) in [5, 5.41) is 0. The van der Waals surface area contributed by atoms with Crippen LogP contribution in [0.15, 0.2) is 18.2 Å². The summed E-state index contributed by atoms with van der Waals surface area (Å²) < 4.78 is 16.4. The molecular weight excluding hydrogens is 382 g/mol. The van der Waals surface area contributed by atoms with Crippen LogP contribution in [-0.2, 0) is 11.2 Å². The van der Waals surface area contributed by atoms with Crippen molar-refractivity contribution < 1.29 is 23.8 Å². The molecule has 0 aliphatic heterocycles. The molecule has 1 aromatic heterocycles. The zero-order valence-electron chi connectivity index (χ0n) is 18.5. The number of ketones is 1. The van der Waals surface area contributed by atoms with Gasteiger partial charge in [-0.15, -0.1) is 0 Å². The third kappa shape index (κ3) is 4.23. The van der Waals surface area contributed by atoms with Crippen molar-refractivity contribution in [2.45, 2.75) is 52.4 Å². The summed E-state index contributed by atoms with van der Waals surface area (Å²) in [6.07, 6.45) is 2.90. The quantitative estimate of drug-likeness (QED) is 0.626. The summed E-state index contributed by atoms with van der Waals surface area (Å²) in [6.45, 7) is 6.39. The van der Waals surface area contributed by atoms with Crippen molar-refractivity contribution in [3.63, 3.8) is 0 Å². The molecule has 1 unspecified atom stereocenters. The van der Waals surface area contributed by atoms with E-state index in [0.717, 1.165) is 35.6 Å². The molecule has 1 aliphatic carbocycles. The number of rotatable bonds is 8. The molecule has 1 atom stereocenters. The lowest BCUT2D eigenvalue weighted by Crippen LogP contribution is -2.19. The number of hydrogen-bond donors (Lipinski definition) is 1. The van der Waals surface area contributed by atoms with Crippen LogP contribution in [0.5, 0.6) is 11.5 Å². The van der Waals surface area contributed by atoms with Crippen molar-refractivity contribution in [1.82, 2.24) is 4.98 Å². The highest BCUT2D eigenvalue weighted by molar-refractivity contribution is 6.03. The fraction of sp³-hybridized carbons (Fsp3) is 0.500. The number of Topliss-reactive ketones (excluding diaryl/α,β-unsaturated/α-hetero) is 1. The fourth-order valence-electron chi connectivity index (χ4n) is 4.21. The Morgan fingerprint density at radius 2 is 1.90 bits per heavy atom. The van der Waals surface area contributed by atoms with Gasteiger partial charge < -0.3 is 19.2 Å². The van der Waals surface area contributed by atoms with Crippen molar-refractivity contribution >= 4 is 11.8 Å². The number of carbonyl (C=O) groups is 2. The molecule has 0 amide bonds. The van der Waals surface area contributed by atoms with Crippen LogP contribution in [0, 0.1) is 12.8 Å². The van der Waals surface area contributed by atoms with Crippen molar-refractivity contribution in [2.75, 3.05) is 20.8 Å². The molecule has 0 saturated heterocycles. The highest BCUT2D eigenvalue weighted by Crippen LogP contribution is 2.40. The Balaban J connectivity index is 1.87. The van der Waals surface area contributed by atoms with Crippen LogP contribution >= 0.6 is 0 Å². The second-order valence-electron chi connectivity index (χ2n) is 7.90. The van der Waals surface area contributed by atoms with E-state index in [2.05, 4.69) is 18.8 Å². The first-order chi connectivity index (χ1) is 14.4. The smallest absolute Gasteiger partial charge is 0.355 e. The predicted octanol–water partition coefficient (Wildman–Crippen LogP) is 4.85. The van der Waals surface area contributed by atoms with Crippen LogP contribution in [0.3, 0.4) is 0 Å². The molecule has 0 fully saturated rings. The Morgan fingerprint density at radius 3 is 2.53 bits per heavy atom. The van der Waals surface area contributed by atoms with E-state index in [9.17, 15) is 9.59 Å². The first-order valence-electron chi connectivity index (χ1n) is 10.6. The van der Waals surface area contributed by atoms with Gasteiger partial charge in [0.2, 0.25) is 0 Å². The number of carbonyl (C=O) groups excluding carboxylic acids is 2. The standard InChI is InChI=1S/C24H31NO5/c1-6-15(7-2)13-30-24(27)23-14(3)22-19(25-23)10-16(11-20(22)26)18-12-17(28-4)8-9-21(18)29-5/h8-9,12,15-16,25H,6-7,10-11,13H2,1-5H3. The summed E-state index contributed by atoms with van der Waals surface area (Å²) in [5.41, 5.74) is 3.41. The number of fused-ring (bicyclic) bond motifs is 1. The van der Waals surface area contributed by atoms with Gasteiger partial charge in [-0.25, -0.2) is 4.79 Å². The van der Waals surface area contributed by atoms with Gasteiger partial charge in [-0.3, -0.25) is 4.79 Å². The lowest BCUT2D eigenvalue weighted by molar-refractivity contribution is 0.0426. The number of esters is 1. The highest BCUT2D eigenvalue weighted by Gasteiger charge is 2.33. The lowest BCUT2D eigenvalue weighted by Gasteiger charge is -2.24. The molecule has 1 aromatic carbocycles. The number of aromatic amines is 1. The minimum absolute atomic E-state index is 0.0268. The SMILES string of the molecule is CCC(CC)COC(=O)c1[nH]c2c(c1C)C(=O)CC(c1cc(OC)ccc1OC)C2. The summed E-state index contributed by atoms with van der Waals surface area (Å²) in [7, 11) is 3.23. The molecule has 3 rings (SSSR count). The Hall–Kier alpha value is -2.76. The molecular formula is C24H31NO5. The second-order valence-corrected chi connectivity index (χ2v) is 7.90. The number of benzene rings is 1. The third-order valence-electron chi connectivity index (χ3n) is 6.17. The van der Waals surface area contributed by atoms with Gasteiger partial charge in [-0.1, -0.05) is 26.7 Å². The Morgan fingerprint density at radius 1 is 1.17 bits per heavy atom. The van der Waals surface area contributed by atoms with Gasteiger partial charge in [0.15, 0.2) is 5.78 Å². The van der Waals surface area contributed by atoms with E-state index in [1.807, 2.05) is 25.1 Å². The molecule has 6 heteroatoms. The monoisotopic (exact) mass is 413 g/mol. The first-order valence-corrected chi connectivity index (χ1v) is 10.6. The Kier molecular flexibility index (Phi) is 6.85. The molecule has 1 N–H and O–H groups in total. The van der Waals surface area contributed by atoms with E-state index in [0.29, 0.717) is 42.2 Å². The average molecular weight is 414 g/mol. The van der Waals surface area contributed by atoms with E-state index >= 15 is 0 Å². The predicted molar refractivity (Wildman–Crippen MR) is 115 cm³/mol. The molecule has 2 aromatic rings. The zero-order valence-corrected chi connectivity index (χ0v) is 18.5.